The van der Waals surface area contributed by atoms with Gasteiger partial charge in [-0.1, -0.05) is 24.3 Å². The van der Waals surface area contributed by atoms with Crippen molar-refractivity contribution in [2.45, 2.75) is 13.0 Å². The molecule has 0 fully saturated rings. The Morgan fingerprint density at radius 2 is 2.00 bits per heavy atom. The van der Waals surface area contributed by atoms with Crippen molar-refractivity contribution in [2.75, 3.05) is 11.4 Å². The predicted molar refractivity (Wildman–Crippen MR) is 96.8 cm³/mol. The highest BCUT2D eigenvalue weighted by atomic mass is 16.1. The van der Waals surface area contributed by atoms with E-state index in [-0.39, 0.29) is 5.91 Å². The molecule has 0 bridgehead atoms. The SMILES string of the molecule is O=C(NCc1cccnc1)c1cncc(N2CCc3ccccc32)c1. The lowest BCUT2D eigenvalue weighted by molar-refractivity contribution is 0.0950. The van der Waals surface area contributed by atoms with Gasteiger partial charge in [0.1, 0.15) is 0 Å². The Balaban J connectivity index is 1.51. The fourth-order valence-corrected chi connectivity index (χ4v) is 3.09. The minimum Gasteiger partial charge on any atom is -0.348 e. The zero-order valence-corrected chi connectivity index (χ0v) is 13.7. The number of nitrogens with one attached hydrogen (secondary N) is 1. The lowest BCUT2D eigenvalue weighted by Crippen LogP contribution is -2.23. The number of anilines is 2. The van der Waals surface area contributed by atoms with Crippen LogP contribution in [0.15, 0.2) is 67.3 Å². The van der Waals surface area contributed by atoms with Gasteiger partial charge in [0.2, 0.25) is 0 Å². The fourth-order valence-electron chi connectivity index (χ4n) is 3.09. The lowest BCUT2D eigenvalue weighted by Gasteiger charge is -2.19. The standard InChI is InChI=1S/C20H18N4O/c25-20(23-12-15-4-3-8-21-11-15)17-10-18(14-22-13-17)24-9-7-16-5-1-2-6-19(16)24/h1-6,8,10-11,13-14H,7,9,12H2,(H,23,25). The summed E-state index contributed by atoms with van der Waals surface area (Å²) in [6.45, 7) is 1.35. The average molecular weight is 330 g/mol. The third-order valence-corrected chi connectivity index (χ3v) is 4.36. The summed E-state index contributed by atoms with van der Waals surface area (Å²) >= 11 is 0. The van der Waals surface area contributed by atoms with Crippen LogP contribution in [-0.2, 0) is 13.0 Å². The minimum absolute atomic E-state index is 0.134. The van der Waals surface area contributed by atoms with Crippen molar-refractivity contribution in [3.8, 4) is 0 Å². The van der Waals surface area contributed by atoms with E-state index in [9.17, 15) is 4.79 Å². The smallest absolute Gasteiger partial charge is 0.253 e. The number of pyridine rings is 2. The van der Waals surface area contributed by atoms with Crippen molar-refractivity contribution in [2.24, 2.45) is 0 Å². The van der Waals surface area contributed by atoms with Crippen LogP contribution in [0, 0.1) is 0 Å². The Bertz CT molecular complexity index is 895. The molecule has 5 heteroatoms. The molecule has 0 atom stereocenters. The third kappa shape index (κ3) is 3.21. The van der Waals surface area contributed by atoms with Crippen LogP contribution in [0.2, 0.25) is 0 Å². The molecule has 124 valence electrons. The van der Waals surface area contributed by atoms with Gasteiger partial charge in [-0.15, -0.1) is 0 Å². The molecular weight excluding hydrogens is 312 g/mol. The van der Waals surface area contributed by atoms with E-state index >= 15 is 0 Å². The molecule has 3 heterocycles. The van der Waals surface area contributed by atoms with Gasteiger partial charge in [0.15, 0.2) is 0 Å². The summed E-state index contributed by atoms with van der Waals surface area (Å²) in [5.41, 5.74) is 4.99. The molecule has 1 amide bonds. The van der Waals surface area contributed by atoms with Crippen LogP contribution in [0.1, 0.15) is 21.5 Å². The second kappa shape index (κ2) is 6.73. The zero-order valence-electron chi connectivity index (χ0n) is 13.7. The first-order chi connectivity index (χ1) is 12.3. The first-order valence-electron chi connectivity index (χ1n) is 8.29. The molecule has 1 N–H and O–H groups in total. The number of benzene rings is 1. The molecule has 0 saturated carbocycles. The Morgan fingerprint density at radius 3 is 2.88 bits per heavy atom. The number of rotatable bonds is 4. The van der Waals surface area contributed by atoms with E-state index in [4.69, 9.17) is 0 Å². The highest BCUT2D eigenvalue weighted by Crippen LogP contribution is 2.33. The van der Waals surface area contributed by atoms with Crippen molar-refractivity contribution >= 4 is 17.3 Å². The van der Waals surface area contributed by atoms with Gasteiger partial charge < -0.3 is 10.2 Å². The van der Waals surface area contributed by atoms with Crippen LogP contribution in [0.3, 0.4) is 0 Å². The molecule has 3 aromatic rings. The fraction of sp³-hybridized carbons (Fsp3) is 0.150. The second-order valence-corrected chi connectivity index (χ2v) is 6.01. The molecule has 1 aliphatic rings. The molecule has 0 radical (unpaired) electrons. The zero-order chi connectivity index (χ0) is 17.1. The third-order valence-electron chi connectivity index (χ3n) is 4.36. The average Bonchev–Trinajstić information content (AvgIpc) is 3.11. The van der Waals surface area contributed by atoms with E-state index in [0.29, 0.717) is 12.1 Å². The highest BCUT2D eigenvalue weighted by molar-refractivity contribution is 5.95. The number of carbonyl (C=O) groups is 1. The normalized spacial score (nSPS) is 12.7. The molecule has 1 aromatic carbocycles. The van der Waals surface area contributed by atoms with E-state index in [1.165, 1.54) is 11.3 Å². The summed E-state index contributed by atoms with van der Waals surface area (Å²) < 4.78 is 0. The van der Waals surface area contributed by atoms with Crippen molar-refractivity contribution in [3.05, 3.63) is 83.9 Å². The van der Waals surface area contributed by atoms with Crippen molar-refractivity contribution < 1.29 is 4.79 Å². The van der Waals surface area contributed by atoms with Crippen LogP contribution in [0.25, 0.3) is 0 Å². The van der Waals surface area contributed by atoms with Gasteiger partial charge in [-0.2, -0.15) is 0 Å². The van der Waals surface area contributed by atoms with Gasteiger partial charge >= 0.3 is 0 Å². The number of amides is 1. The predicted octanol–water partition coefficient (Wildman–Crippen LogP) is 3.10. The molecule has 1 aliphatic heterocycles. The lowest BCUT2D eigenvalue weighted by atomic mass is 10.2. The molecule has 4 rings (SSSR count). The van der Waals surface area contributed by atoms with Crippen LogP contribution >= 0.6 is 0 Å². The molecule has 5 nitrogen and oxygen atoms in total. The van der Waals surface area contributed by atoms with Gasteiger partial charge in [-0.05, 0) is 35.7 Å². The summed E-state index contributed by atoms with van der Waals surface area (Å²) in [5.74, 6) is -0.134. The number of aromatic nitrogens is 2. The number of para-hydroxylation sites is 1. The van der Waals surface area contributed by atoms with Gasteiger partial charge in [0, 0.05) is 37.4 Å². The van der Waals surface area contributed by atoms with E-state index in [0.717, 1.165) is 24.2 Å². The maximum atomic E-state index is 12.4. The maximum Gasteiger partial charge on any atom is 0.253 e. The topological polar surface area (TPSA) is 58.1 Å². The number of carbonyl (C=O) groups excluding carboxylic acids is 1. The minimum atomic E-state index is -0.134. The van der Waals surface area contributed by atoms with Crippen molar-refractivity contribution in [1.82, 2.24) is 15.3 Å². The molecule has 0 saturated heterocycles. The molecule has 0 unspecified atom stereocenters. The Hall–Kier alpha value is -3.21. The van der Waals surface area contributed by atoms with E-state index in [1.807, 2.05) is 24.3 Å². The Labute approximate surface area is 146 Å². The Morgan fingerprint density at radius 1 is 1.08 bits per heavy atom. The summed E-state index contributed by atoms with van der Waals surface area (Å²) in [5, 5.41) is 2.91. The van der Waals surface area contributed by atoms with Gasteiger partial charge in [0.25, 0.3) is 5.91 Å². The second-order valence-electron chi connectivity index (χ2n) is 6.01. The summed E-state index contributed by atoms with van der Waals surface area (Å²) in [6.07, 6.45) is 7.88. The van der Waals surface area contributed by atoms with E-state index in [1.54, 1.807) is 24.8 Å². The van der Waals surface area contributed by atoms with Crippen LogP contribution in [0.4, 0.5) is 11.4 Å². The summed E-state index contributed by atoms with van der Waals surface area (Å²) in [6, 6.07) is 14.0. The largest absolute Gasteiger partial charge is 0.348 e. The van der Waals surface area contributed by atoms with E-state index in [2.05, 4.69) is 38.4 Å². The first-order valence-corrected chi connectivity index (χ1v) is 8.29. The number of nitrogens with zero attached hydrogens (tertiary/aromatic N) is 3. The number of hydrogen-bond acceptors (Lipinski definition) is 4. The highest BCUT2D eigenvalue weighted by Gasteiger charge is 2.20. The molecule has 0 spiro atoms. The van der Waals surface area contributed by atoms with E-state index < -0.39 is 0 Å². The molecule has 0 aliphatic carbocycles. The molecule has 25 heavy (non-hydrogen) atoms. The molecular formula is C20H18N4O. The number of fused-ring (bicyclic) bond motifs is 1. The monoisotopic (exact) mass is 330 g/mol. The maximum absolute atomic E-state index is 12.4. The van der Waals surface area contributed by atoms with Gasteiger partial charge in [-0.3, -0.25) is 14.8 Å². The molecule has 2 aromatic heterocycles. The van der Waals surface area contributed by atoms with Crippen LogP contribution < -0.4 is 10.2 Å². The summed E-state index contributed by atoms with van der Waals surface area (Å²) in [4.78, 5) is 23.0. The van der Waals surface area contributed by atoms with Crippen molar-refractivity contribution in [3.63, 3.8) is 0 Å². The quantitative estimate of drug-likeness (QED) is 0.798. The summed E-state index contributed by atoms with van der Waals surface area (Å²) in [7, 11) is 0. The van der Waals surface area contributed by atoms with Crippen molar-refractivity contribution in [1.29, 1.82) is 0 Å². The number of hydrogen-bond donors (Lipinski definition) is 1. The van der Waals surface area contributed by atoms with Gasteiger partial charge in [-0.25, -0.2) is 0 Å². The van der Waals surface area contributed by atoms with Crippen LogP contribution in [0.5, 0.6) is 0 Å². The first kappa shape index (κ1) is 15.3. The Kier molecular flexibility index (Phi) is 4.12. The van der Waals surface area contributed by atoms with Crippen LogP contribution in [-0.4, -0.2) is 22.4 Å². The van der Waals surface area contributed by atoms with Gasteiger partial charge in [0.05, 0.1) is 17.4 Å².